The number of carboxylic acids is 1. The third kappa shape index (κ3) is 9.56. The second-order valence-corrected chi connectivity index (χ2v) is 3.86. The van der Waals surface area contributed by atoms with E-state index >= 15 is 0 Å². The third-order valence-electron chi connectivity index (χ3n) is 2.20. The number of esters is 1. The molecule has 0 radical (unpaired) electrons. The number of unbranched alkanes of at least 4 members (excludes halogenated alkanes) is 4. The van der Waals surface area contributed by atoms with Crippen molar-refractivity contribution < 1.29 is 19.4 Å². The Morgan fingerprint density at radius 1 is 1.35 bits per heavy atom. The number of aliphatic carboxylic acids is 1. The molecule has 0 saturated carbocycles. The molecule has 0 amide bonds. The summed E-state index contributed by atoms with van der Waals surface area (Å²) in [5.41, 5.74) is 5.31. The van der Waals surface area contributed by atoms with Crippen molar-refractivity contribution in [3.63, 3.8) is 0 Å². The molecule has 17 heavy (non-hydrogen) atoms. The number of nitrogens with two attached hydrogens (primary N) is 1. The number of carbonyl (C=O) groups is 2. The largest absolute Gasteiger partial charge is 0.481 e. The second kappa shape index (κ2) is 9.84. The third-order valence-corrected chi connectivity index (χ3v) is 2.20. The Balaban J connectivity index is 3.61. The van der Waals surface area contributed by atoms with E-state index in [2.05, 4.69) is 6.92 Å². The Morgan fingerprint density at radius 2 is 2.06 bits per heavy atom. The SMILES string of the molecule is CCCCCCC=COC(=O)C(N)CC(=O)O. The lowest BCUT2D eigenvalue weighted by atomic mass is 10.1. The van der Waals surface area contributed by atoms with E-state index in [0.717, 1.165) is 19.3 Å². The molecule has 1 atom stereocenters. The lowest BCUT2D eigenvalue weighted by molar-refractivity contribution is -0.145. The first-order chi connectivity index (χ1) is 8.07. The van der Waals surface area contributed by atoms with E-state index in [0.29, 0.717) is 0 Å². The minimum absolute atomic E-state index is 0.414. The van der Waals surface area contributed by atoms with Crippen LogP contribution < -0.4 is 5.73 Å². The summed E-state index contributed by atoms with van der Waals surface area (Å²) in [6, 6.07) is -1.10. The van der Waals surface area contributed by atoms with Gasteiger partial charge in [0, 0.05) is 0 Å². The van der Waals surface area contributed by atoms with Gasteiger partial charge in [0.15, 0.2) is 0 Å². The van der Waals surface area contributed by atoms with Crippen molar-refractivity contribution in [1.29, 1.82) is 0 Å². The van der Waals surface area contributed by atoms with Crippen LogP contribution in [0.4, 0.5) is 0 Å². The van der Waals surface area contributed by atoms with Crippen LogP contribution in [0.25, 0.3) is 0 Å². The van der Waals surface area contributed by atoms with Gasteiger partial charge in [0.25, 0.3) is 0 Å². The highest BCUT2D eigenvalue weighted by Crippen LogP contribution is 2.03. The van der Waals surface area contributed by atoms with Crippen molar-refractivity contribution in [3.05, 3.63) is 12.3 Å². The number of ether oxygens (including phenoxy) is 1. The van der Waals surface area contributed by atoms with Gasteiger partial charge in [-0.1, -0.05) is 26.2 Å². The molecule has 0 aliphatic carbocycles. The highest BCUT2D eigenvalue weighted by atomic mass is 16.5. The Labute approximate surface area is 102 Å². The minimum atomic E-state index is -1.11. The van der Waals surface area contributed by atoms with Gasteiger partial charge in [0.1, 0.15) is 6.04 Å². The maximum Gasteiger partial charge on any atom is 0.328 e. The van der Waals surface area contributed by atoms with Crippen LogP contribution in [0.2, 0.25) is 0 Å². The number of carboxylic acid groups (broad SMARTS) is 1. The molecule has 3 N–H and O–H groups in total. The van der Waals surface area contributed by atoms with Crippen LogP contribution in [0.5, 0.6) is 0 Å². The van der Waals surface area contributed by atoms with E-state index in [-0.39, 0.29) is 0 Å². The van der Waals surface area contributed by atoms with Gasteiger partial charge < -0.3 is 15.6 Å². The van der Waals surface area contributed by atoms with Gasteiger partial charge in [-0.3, -0.25) is 4.79 Å². The van der Waals surface area contributed by atoms with Crippen molar-refractivity contribution >= 4 is 11.9 Å². The molecule has 0 spiro atoms. The number of allylic oxidation sites excluding steroid dienone is 1. The number of hydrogen-bond donors (Lipinski definition) is 2. The van der Waals surface area contributed by atoms with Crippen LogP contribution in [0.3, 0.4) is 0 Å². The molecule has 0 aromatic carbocycles. The molecule has 0 fully saturated rings. The molecule has 0 aromatic rings. The van der Waals surface area contributed by atoms with Gasteiger partial charge >= 0.3 is 11.9 Å². The molecule has 5 nitrogen and oxygen atoms in total. The van der Waals surface area contributed by atoms with Crippen molar-refractivity contribution in [2.24, 2.45) is 5.73 Å². The van der Waals surface area contributed by atoms with E-state index in [1.165, 1.54) is 19.1 Å². The zero-order valence-corrected chi connectivity index (χ0v) is 10.2. The Bertz CT molecular complexity index is 263. The first-order valence-electron chi connectivity index (χ1n) is 5.90. The van der Waals surface area contributed by atoms with E-state index in [4.69, 9.17) is 15.6 Å². The molecule has 0 heterocycles. The summed E-state index contributed by atoms with van der Waals surface area (Å²) < 4.78 is 4.70. The van der Waals surface area contributed by atoms with E-state index < -0.39 is 24.4 Å². The Morgan fingerprint density at radius 3 is 2.65 bits per heavy atom. The fourth-order valence-electron chi connectivity index (χ4n) is 1.23. The van der Waals surface area contributed by atoms with Crippen molar-refractivity contribution in [2.75, 3.05) is 0 Å². The van der Waals surface area contributed by atoms with Crippen LogP contribution in [0, 0.1) is 0 Å². The van der Waals surface area contributed by atoms with E-state index in [1.54, 1.807) is 6.08 Å². The molecule has 0 rings (SSSR count). The zero-order chi connectivity index (χ0) is 13.1. The minimum Gasteiger partial charge on any atom is -0.481 e. The zero-order valence-electron chi connectivity index (χ0n) is 10.2. The second-order valence-electron chi connectivity index (χ2n) is 3.86. The molecule has 0 bridgehead atoms. The standard InChI is InChI=1S/C12H21NO4/c1-2-3-4-5-6-7-8-17-12(16)10(13)9-11(14)15/h7-8,10H,2-6,9,13H2,1H3,(H,14,15). The number of carbonyl (C=O) groups excluding carboxylic acids is 1. The monoisotopic (exact) mass is 243 g/mol. The van der Waals surface area contributed by atoms with Gasteiger partial charge in [0.2, 0.25) is 0 Å². The highest BCUT2D eigenvalue weighted by molar-refractivity contribution is 5.81. The number of rotatable bonds is 9. The van der Waals surface area contributed by atoms with E-state index in [1.807, 2.05) is 0 Å². The van der Waals surface area contributed by atoms with Crippen LogP contribution in [0.1, 0.15) is 45.4 Å². The Hall–Kier alpha value is -1.36. The quantitative estimate of drug-likeness (QED) is 0.366. The summed E-state index contributed by atoms with van der Waals surface area (Å²) in [4.78, 5) is 21.4. The van der Waals surface area contributed by atoms with Gasteiger partial charge in [-0.25, -0.2) is 4.79 Å². The molecule has 5 heteroatoms. The molecule has 0 aliphatic rings. The first-order valence-corrected chi connectivity index (χ1v) is 5.90. The molecular weight excluding hydrogens is 222 g/mol. The molecule has 0 saturated heterocycles. The normalized spacial score (nSPS) is 12.6. The average Bonchev–Trinajstić information content (AvgIpc) is 2.26. The fourth-order valence-corrected chi connectivity index (χ4v) is 1.23. The summed E-state index contributed by atoms with van der Waals surface area (Å²) in [5, 5.41) is 8.42. The number of hydrogen-bond acceptors (Lipinski definition) is 4. The molecule has 0 aliphatic heterocycles. The summed E-state index contributed by atoms with van der Waals surface area (Å²) in [6.07, 6.45) is 8.08. The summed E-state index contributed by atoms with van der Waals surface area (Å²) in [5.74, 6) is -1.82. The van der Waals surface area contributed by atoms with Crippen molar-refractivity contribution in [1.82, 2.24) is 0 Å². The fraction of sp³-hybridized carbons (Fsp3) is 0.667. The smallest absolute Gasteiger partial charge is 0.328 e. The first kappa shape index (κ1) is 15.6. The topological polar surface area (TPSA) is 89.6 Å². The van der Waals surface area contributed by atoms with E-state index in [9.17, 15) is 9.59 Å². The highest BCUT2D eigenvalue weighted by Gasteiger charge is 2.17. The van der Waals surface area contributed by atoms with Gasteiger partial charge in [0.05, 0.1) is 12.7 Å². The molecule has 0 aromatic heterocycles. The molecule has 1 unspecified atom stereocenters. The van der Waals surface area contributed by atoms with Gasteiger partial charge in [-0.2, -0.15) is 0 Å². The Kier molecular flexibility index (Phi) is 9.05. The predicted octanol–water partition coefficient (Wildman–Crippen LogP) is 1.82. The molecule has 98 valence electrons. The van der Waals surface area contributed by atoms with Crippen LogP contribution >= 0.6 is 0 Å². The summed E-state index contributed by atoms with van der Waals surface area (Å²) in [6.45, 7) is 2.14. The molecular formula is C12H21NO4. The van der Waals surface area contributed by atoms with Crippen molar-refractivity contribution in [3.8, 4) is 0 Å². The average molecular weight is 243 g/mol. The predicted molar refractivity (Wildman–Crippen MR) is 64.2 cm³/mol. The maximum atomic E-state index is 11.2. The van der Waals surface area contributed by atoms with Crippen LogP contribution in [0.15, 0.2) is 12.3 Å². The van der Waals surface area contributed by atoms with Gasteiger partial charge in [-0.15, -0.1) is 0 Å². The van der Waals surface area contributed by atoms with Crippen molar-refractivity contribution in [2.45, 2.75) is 51.5 Å². The summed E-state index contributed by atoms with van der Waals surface area (Å²) >= 11 is 0. The van der Waals surface area contributed by atoms with Crippen LogP contribution in [-0.2, 0) is 14.3 Å². The summed E-state index contributed by atoms with van der Waals surface area (Å²) in [7, 11) is 0. The maximum absolute atomic E-state index is 11.2. The van der Waals surface area contributed by atoms with Gasteiger partial charge in [-0.05, 0) is 18.9 Å². The lowest BCUT2D eigenvalue weighted by Gasteiger charge is -2.05. The van der Waals surface area contributed by atoms with Crippen LogP contribution in [-0.4, -0.2) is 23.1 Å². The lowest BCUT2D eigenvalue weighted by Crippen LogP contribution is -2.33.